The lowest BCUT2D eigenvalue weighted by Gasteiger charge is -2.27. The summed E-state index contributed by atoms with van der Waals surface area (Å²) in [7, 11) is 0. The van der Waals surface area contributed by atoms with Gasteiger partial charge in [0.2, 0.25) is 11.9 Å². The van der Waals surface area contributed by atoms with E-state index in [9.17, 15) is 13.6 Å². The monoisotopic (exact) mass is 227 g/mol. The second-order valence-corrected chi connectivity index (χ2v) is 3.51. The molecular formula is C10H11F2N3O. The smallest absolute Gasteiger partial charge is 0.258 e. The largest absolute Gasteiger partial charge is 0.336 e. The summed E-state index contributed by atoms with van der Waals surface area (Å²) in [4.78, 5) is 16.3. The number of carbonyl (C=O) groups excluding carboxylic acids is 1. The molecule has 0 saturated carbocycles. The molecule has 0 aliphatic carbocycles. The normalized spacial score (nSPS) is 16.2. The average molecular weight is 227 g/mol. The molecule has 0 atom stereocenters. The average Bonchev–Trinajstić information content (AvgIpc) is 2.29. The summed E-state index contributed by atoms with van der Waals surface area (Å²) in [6.45, 7) is 2.41. The zero-order chi connectivity index (χ0) is 11.5. The Bertz CT molecular complexity index is 405. The number of nitrogens with zero attached hydrogens (tertiary/aromatic N) is 2. The van der Waals surface area contributed by atoms with Crippen molar-refractivity contribution in [2.75, 3.05) is 26.2 Å². The Kier molecular flexibility index (Phi) is 3.09. The fourth-order valence-electron chi connectivity index (χ4n) is 1.61. The third-order valence-electron chi connectivity index (χ3n) is 2.45. The van der Waals surface area contributed by atoms with Crippen molar-refractivity contribution in [1.82, 2.24) is 15.2 Å². The molecule has 86 valence electrons. The summed E-state index contributed by atoms with van der Waals surface area (Å²) in [6.07, 6.45) is 0. The number of aromatic nitrogens is 1. The van der Waals surface area contributed by atoms with Crippen LogP contribution in [0.25, 0.3) is 0 Å². The van der Waals surface area contributed by atoms with E-state index >= 15 is 0 Å². The Morgan fingerprint density at radius 1 is 1.31 bits per heavy atom. The van der Waals surface area contributed by atoms with Gasteiger partial charge >= 0.3 is 0 Å². The maximum Gasteiger partial charge on any atom is 0.258 e. The highest BCUT2D eigenvalue weighted by Gasteiger charge is 2.21. The summed E-state index contributed by atoms with van der Waals surface area (Å²) in [6, 6.07) is 2.11. The van der Waals surface area contributed by atoms with E-state index in [1.165, 1.54) is 4.90 Å². The molecule has 1 amide bonds. The number of carbonyl (C=O) groups is 1. The van der Waals surface area contributed by atoms with Crippen molar-refractivity contribution in [1.29, 1.82) is 0 Å². The van der Waals surface area contributed by atoms with Crippen LogP contribution in [0.15, 0.2) is 12.1 Å². The maximum atomic E-state index is 13.2. The minimum absolute atomic E-state index is 0.177. The molecule has 1 aliphatic heterocycles. The molecule has 0 spiro atoms. The topological polar surface area (TPSA) is 45.2 Å². The number of hydrogen-bond donors (Lipinski definition) is 1. The molecule has 1 N–H and O–H groups in total. The zero-order valence-corrected chi connectivity index (χ0v) is 8.54. The summed E-state index contributed by atoms with van der Waals surface area (Å²) < 4.78 is 25.8. The molecule has 2 heterocycles. The minimum Gasteiger partial charge on any atom is -0.336 e. The number of amides is 1. The van der Waals surface area contributed by atoms with Gasteiger partial charge in [-0.05, 0) is 12.1 Å². The standard InChI is InChI=1S/C10H11F2N3O/c11-8-2-1-7(9(12)14-8)10(16)15-5-3-13-4-6-15/h1-2,13H,3-6H2. The van der Waals surface area contributed by atoms with Crippen LogP contribution in [-0.2, 0) is 0 Å². The fraction of sp³-hybridized carbons (Fsp3) is 0.400. The van der Waals surface area contributed by atoms with Gasteiger partial charge in [0.05, 0.1) is 5.56 Å². The van der Waals surface area contributed by atoms with E-state index in [0.717, 1.165) is 12.1 Å². The molecule has 0 bridgehead atoms. The Labute approximate surface area is 91.3 Å². The molecule has 1 aromatic rings. The van der Waals surface area contributed by atoms with E-state index in [-0.39, 0.29) is 5.56 Å². The van der Waals surface area contributed by atoms with Crippen molar-refractivity contribution >= 4 is 5.91 Å². The first kappa shape index (κ1) is 10.9. The Balaban J connectivity index is 2.19. The van der Waals surface area contributed by atoms with E-state index < -0.39 is 17.8 Å². The van der Waals surface area contributed by atoms with Crippen LogP contribution in [0, 0.1) is 11.9 Å². The molecule has 1 aromatic heterocycles. The van der Waals surface area contributed by atoms with Crippen molar-refractivity contribution in [3.8, 4) is 0 Å². The summed E-state index contributed by atoms with van der Waals surface area (Å²) in [5.74, 6) is -2.41. The Morgan fingerprint density at radius 2 is 2.00 bits per heavy atom. The van der Waals surface area contributed by atoms with Gasteiger partial charge in [-0.15, -0.1) is 0 Å². The number of nitrogens with one attached hydrogen (secondary N) is 1. The van der Waals surface area contributed by atoms with Crippen molar-refractivity contribution in [3.05, 3.63) is 29.6 Å². The summed E-state index contributed by atoms with van der Waals surface area (Å²) in [5, 5.41) is 3.08. The molecule has 0 unspecified atom stereocenters. The van der Waals surface area contributed by atoms with Crippen molar-refractivity contribution in [2.45, 2.75) is 0 Å². The molecule has 0 radical (unpaired) electrons. The van der Waals surface area contributed by atoms with Crippen LogP contribution in [0.5, 0.6) is 0 Å². The Hall–Kier alpha value is -1.56. The molecule has 2 rings (SSSR count). The van der Waals surface area contributed by atoms with Crippen LogP contribution in [0.4, 0.5) is 8.78 Å². The van der Waals surface area contributed by atoms with E-state index in [1.54, 1.807) is 0 Å². The van der Waals surface area contributed by atoms with Crippen LogP contribution < -0.4 is 5.32 Å². The maximum absolute atomic E-state index is 13.2. The first-order valence-electron chi connectivity index (χ1n) is 5.00. The lowest BCUT2D eigenvalue weighted by atomic mass is 10.2. The quantitative estimate of drug-likeness (QED) is 0.706. The highest BCUT2D eigenvalue weighted by molar-refractivity contribution is 5.94. The first-order valence-corrected chi connectivity index (χ1v) is 5.00. The van der Waals surface area contributed by atoms with Gasteiger partial charge in [-0.25, -0.2) is 0 Å². The molecule has 1 aliphatic rings. The zero-order valence-electron chi connectivity index (χ0n) is 8.54. The van der Waals surface area contributed by atoms with Crippen LogP contribution in [0.3, 0.4) is 0 Å². The van der Waals surface area contributed by atoms with Crippen LogP contribution >= 0.6 is 0 Å². The predicted molar refractivity (Wildman–Crippen MR) is 52.9 cm³/mol. The van der Waals surface area contributed by atoms with Crippen molar-refractivity contribution in [3.63, 3.8) is 0 Å². The van der Waals surface area contributed by atoms with Gasteiger partial charge in [-0.1, -0.05) is 0 Å². The van der Waals surface area contributed by atoms with Crippen LogP contribution in [-0.4, -0.2) is 42.0 Å². The van der Waals surface area contributed by atoms with Gasteiger partial charge < -0.3 is 10.2 Å². The van der Waals surface area contributed by atoms with E-state index in [4.69, 9.17) is 0 Å². The van der Waals surface area contributed by atoms with Crippen LogP contribution in [0.2, 0.25) is 0 Å². The number of piperazine rings is 1. The lowest BCUT2D eigenvalue weighted by molar-refractivity contribution is 0.0729. The molecule has 6 heteroatoms. The molecule has 1 saturated heterocycles. The molecule has 0 aromatic carbocycles. The molecule has 1 fully saturated rings. The SMILES string of the molecule is O=C(c1ccc(F)nc1F)N1CCNCC1. The van der Waals surface area contributed by atoms with Gasteiger partial charge in [0.25, 0.3) is 5.91 Å². The first-order chi connectivity index (χ1) is 7.68. The molecule has 4 nitrogen and oxygen atoms in total. The fourth-order valence-corrected chi connectivity index (χ4v) is 1.61. The van der Waals surface area contributed by atoms with Gasteiger partial charge in [-0.3, -0.25) is 4.79 Å². The van der Waals surface area contributed by atoms with Gasteiger partial charge in [0, 0.05) is 26.2 Å². The predicted octanol–water partition coefficient (Wildman–Crippen LogP) is 0.405. The molecule has 16 heavy (non-hydrogen) atoms. The highest BCUT2D eigenvalue weighted by Crippen LogP contribution is 2.09. The third-order valence-corrected chi connectivity index (χ3v) is 2.45. The lowest BCUT2D eigenvalue weighted by Crippen LogP contribution is -2.46. The van der Waals surface area contributed by atoms with E-state index in [0.29, 0.717) is 26.2 Å². The van der Waals surface area contributed by atoms with Gasteiger partial charge in [0.1, 0.15) is 0 Å². The number of hydrogen-bond acceptors (Lipinski definition) is 3. The minimum atomic E-state index is -1.05. The second-order valence-electron chi connectivity index (χ2n) is 3.51. The number of halogens is 2. The van der Waals surface area contributed by atoms with Crippen molar-refractivity contribution in [2.24, 2.45) is 0 Å². The summed E-state index contributed by atoms with van der Waals surface area (Å²) in [5.41, 5.74) is -0.177. The highest BCUT2D eigenvalue weighted by atomic mass is 19.1. The number of rotatable bonds is 1. The van der Waals surface area contributed by atoms with Gasteiger partial charge in [0.15, 0.2) is 0 Å². The number of pyridine rings is 1. The van der Waals surface area contributed by atoms with E-state index in [1.807, 2.05) is 0 Å². The van der Waals surface area contributed by atoms with E-state index in [2.05, 4.69) is 10.3 Å². The third kappa shape index (κ3) is 2.16. The van der Waals surface area contributed by atoms with Crippen LogP contribution in [0.1, 0.15) is 10.4 Å². The Morgan fingerprint density at radius 3 is 2.62 bits per heavy atom. The molecular weight excluding hydrogens is 216 g/mol. The van der Waals surface area contributed by atoms with Gasteiger partial charge in [-0.2, -0.15) is 13.8 Å². The van der Waals surface area contributed by atoms with Crippen molar-refractivity contribution < 1.29 is 13.6 Å². The second kappa shape index (κ2) is 4.52. The summed E-state index contributed by atoms with van der Waals surface area (Å²) >= 11 is 0.